The Morgan fingerprint density at radius 2 is 1.20 bits per heavy atom. The lowest BCUT2D eigenvalue weighted by Crippen LogP contribution is -1.87. The van der Waals surface area contributed by atoms with Crippen molar-refractivity contribution in [3.63, 3.8) is 0 Å². The van der Waals surface area contributed by atoms with E-state index in [0.29, 0.717) is 0 Å². The average Bonchev–Trinajstić information content (AvgIpc) is 3.08. The first kappa shape index (κ1) is 14.9. The summed E-state index contributed by atoms with van der Waals surface area (Å²) in [6.45, 7) is 0. The van der Waals surface area contributed by atoms with Gasteiger partial charge in [0, 0.05) is 19.9 Å². The number of anilines is 2. The Morgan fingerprint density at radius 3 is 1.92 bits per heavy atom. The second-order valence-electron chi connectivity index (χ2n) is 6.05. The molecular formula is C22H14BrNS. The molecule has 4 aromatic carbocycles. The number of benzene rings is 4. The summed E-state index contributed by atoms with van der Waals surface area (Å²) in [7, 11) is 0. The third-order valence-corrected chi connectivity index (χ3v) is 6.32. The minimum atomic E-state index is 1.07. The van der Waals surface area contributed by atoms with E-state index in [-0.39, 0.29) is 0 Å². The van der Waals surface area contributed by atoms with E-state index in [1.54, 1.807) is 0 Å². The summed E-state index contributed by atoms with van der Waals surface area (Å²) < 4.78 is 2.41. The van der Waals surface area contributed by atoms with E-state index >= 15 is 0 Å². The van der Waals surface area contributed by atoms with Gasteiger partial charge in [0.2, 0.25) is 0 Å². The molecule has 1 nitrogen and oxygen atoms in total. The van der Waals surface area contributed by atoms with Crippen molar-refractivity contribution in [2.45, 2.75) is 0 Å². The molecule has 3 heteroatoms. The highest BCUT2D eigenvalue weighted by atomic mass is 79.9. The number of fused-ring (bicyclic) bond motifs is 6. The quantitative estimate of drug-likeness (QED) is 0.297. The second kappa shape index (κ2) is 5.87. The first-order chi connectivity index (χ1) is 12.3. The number of para-hydroxylation sites is 1. The van der Waals surface area contributed by atoms with Crippen LogP contribution in [0.3, 0.4) is 0 Å². The lowest BCUT2D eigenvalue weighted by molar-refractivity contribution is 1.57. The van der Waals surface area contributed by atoms with Crippen LogP contribution in [0.15, 0.2) is 83.3 Å². The van der Waals surface area contributed by atoms with Crippen molar-refractivity contribution < 1.29 is 0 Å². The monoisotopic (exact) mass is 403 g/mol. The fourth-order valence-corrected chi connectivity index (χ4v) is 4.93. The van der Waals surface area contributed by atoms with Gasteiger partial charge >= 0.3 is 0 Å². The Morgan fingerprint density at radius 1 is 0.640 bits per heavy atom. The summed E-state index contributed by atoms with van der Waals surface area (Å²) >= 11 is 5.43. The second-order valence-corrected chi connectivity index (χ2v) is 7.96. The van der Waals surface area contributed by atoms with Gasteiger partial charge in [0.1, 0.15) is 0 Å². The minimum absolute atomic E-state index is 1.07. The smallest absolute Gasteiger partial charge is 0.0939 e. The lowest BCUT2D eigenvalue weighted by Gasteiger charge is -2.05. The maximum absolute atomic E-state index is 3.62. The molecule has 0 aliphatic carbocycles. The van der Waals surface area contributed by atoms with Gasteiger partial charge in [0.05, 0.1) is 10.7 Å². The molecule has 25 heavy (non-hydrogen) atoms. The average molecular weight is 404 g/mol. The van der Waals surface area contributed by atoms with Crippen LogP contribution in [-0.4, -0.2) is 0 Å². The van der Waals surface area contributed by atoms with Crippen molar-refractivity contribution in [2.75, 3.05) is 5.32 Å². The molecule has 1 aromatic heterocycles. The standard InChI is InChI=1S/C22H14BrNS/c23-19-11-5-6-12-20(19)24-21-13-18-16-9-2-1-7-14(16)15-8-3-4-10-17(15)22(18)25-21/h1-13,24H. The molecule has 0 spiro atoms. The number of halogens is 1. The van der Waals surface area contributed by atoms with Crippen LogP contribution in [0.1, 0.15) is 0 Å². The maximum atomic E-state index is 3.62. The highest BCUT2D eigenvalue weighted by Gasteiger charge is 2.12. The molecule has 0 saturated carbocycles. The first-order valence-electron chi connectivity index (χ1n) is 8.16. The van der Waals surface area contributed by atoms with Crippen LogP contribution in [0.25, 0.3) is 31.6 Å². The maximum Gasteiger partial charge on any atom is 0.0939 e. The Labute approximate surface area is 158 Å². The Kier molecular flexibility index (Phi) is 3.51. The topological polar surface area (TPSA) is 12.0 Å². The van der Waals surface area contributed by atoms with Crippen LogP contribution >= 0.6 is 27.3 Å². The number of nitrogens with one attached hydrogen (secondary N) is 1. The van der Waals surface area contributed by atoms with Crippen molar-refractivity contribution in [3.05, 3.63) is 83.3 Å². The molecule has 0 atom stereocenters. The highest BCUT2D eigenvalue weighted by Crippen LogP contribution is 2.42. The predicted molar refractivity (Wildman–Crippen MR) is 114 cm³/mol. The van der Waals surface area contributed by atoms with Crippen LogP contribution in [0, 0.1) is 0 Å². The molecule has 5 aromatic rings. The number of rotatable bonds is 2. The number of thiophene rings is 1. The molecule has 0 fully saturated rings. The van der Waals surface area contributed by atoms with Crippen LogP contribution in [0.4, 0.5) is 10.7 Å². The molecule has 0 radical (unpaired) electrons. The van der Waals surface area contributed by atoms with Gasteiger partial charge in [0.15, 0.2) is 0 Å². The van der Waals surface area contributed by atoms with Crippen molar-refractivity contribution >= 4 is 69.6 Å². The predicted octanol–water partition coefficient (Wildman–Crippen LogP) is 7.71. The van der Waals surface area contributed by atoms with E-state index in [2.05, 4.69) is 88.0 Å². The minimum Gasteiger partial charge on any atom is -0.346 e. The first-order valence-corrected chi connectivity index (χ1v) is 9.77. The molecule has 1 heterocycles. The summed E-state index contributed by atoms with van der Waals surface area (Å²) in [6.07, 6.45) is 0. The van der Waals surface area contributed by atoms with E-state index in [1.165, 1.54) is 31.6 Å². The van der Waals surface area contributed by atoms with E-state index in [0.717, 1.165) is 15.2 Å². The Balaban J connectivity index is 1.80. The van der Waals surface area contributed by atoms with Crippen LogP contribution in [-0.2, 0) is 0 Å². The van der Waals surface area contributed by atoms with E-state index in [4.69, 9.17) is 0 Å². The van der Waals surface area contributed by atoms with Gasteiger partial charge in [0.25, 0.3) is 0 Å². The van der Waals surface area contributed by atoms with Crippen LogP contribution in [0.2, 0.25) is 0 Å². The fraction of sp³-hybridized carbons (Fsp3) is 0. The van der Waals surface area contributed by atoms with Crippen molar-refractivity contribution in [3.8, 4) is 0 Å². The normalized spacial score (nSPS) is 11.4. The zero-order chi connectivity index (χ0) is 16.8. The van der Waals surface area contributed by atoms with Gasteiger partial charge in [-0.2, -0.15) is 0 Å². The fourth-order valence-electron chi connectivity index (χ4n) is 3.42. The van der Waals surface area contributed by atoms with E-state index in [9.17, 15) is 0 Å². The molecule has 120 valence electrons. The van der Waals surface area contributed by atoms with Gasteiger partial charge in [-0.3, -0.25) is 0 Å². The van der Waals surface area contributed by atoms with E-state index in [1.807, 2.05) is 23.5 Å². The van der Waals surface area contributed by atoms with Gasteiger partial charge in [-0.05, 0) is 50.3 Å². The molecule has 1 N–H and O–H groups in total. The van der Waals surface area contributed by atoms with Crippen molar-refractivity contribution in [1.29, 1.82) is 0 Å². The molecule has 0 bridgehead atoms. The Bertz CT molecular complexity index is 1170. The summed E-state index contributed by atoms with van der Waals surface area (Å²) in [6, 6.07) is 27.9. The third kappa shape index (κ3) is 2.43. The molecule has 5 rings (SSSR count). The lowest BCUT2D eigenvalue weighted by atomic mass is 9.99. The largest absolute Gasteiger partial charge is 0.346 e. The summed E-state index contributed by atoms with van der Waals surface area (Å²) in [5, 5.41) is 11.3. The van der Waals surface area contributed by atoms with Crippen LogP contribution < -0.4 is 5.32 Å². The molecule has 0 saturated heterocycles. The van der Waals surface area contributed by atoms with Gasteiger partial charge in [-0.25, -0.2) is 0 Å². The SMILES string of the molecule is Brc1ccccc1Nc1cc2c3ccccc3c3ccccc3c2s1. The van der Waals surface area contributed by atoms with Gasteiger partial charge in [-0.1, -0.05) is 60.7 Å². The van der Waals surface area contributed by atoms with Gasteiger partial charge in [-0.15, -0.1) is 11.3 Å². The van der Waals surface area contributed by atoms with Gasteiger partial charge < -0.3 is 5.32 Å². The number of hydrogen-bond donors (Lipinski definition) is 1. The Hall–Kier alpha value is -2.36. The number of hydrogen-bond acceptors (Lipinski definition) is 2. The zero-order valence-electron chi connectivity index (χ0n) is 13.3. The molecule has 0 aliphatic heterocycles. The molecule has 0 unspecified atom stereocenters. The summed E-state index contributed by atoms with van der Waals surface area (Å²) in [4.78, 5) is 0. The van der Waals surface area contributed by atoms with E-state index < -0.39 is 0 Å². The molecule has 0 aliphatic rings. The summed E-state index contributed by atoms with van der Waals surface area (Å²) in [5.74, 6) is 0. The van der Waals surface area contributed by atoms with Crippen molar-refractivity contribution in [2.24, 2.45) is 0 Å². The third-order valence-electron chi connectivity index (χ3n) is 4.54. The highest BCUT2D eigenvalue weighted by molar-refractivity contribution is 9.10. The molecule has 0 amide bonds. The van der Waals surface area contributed by atoms with Crippen LogP contribution in [0.5, 0.6) is 0 Å². The zero-order valence-corrected chi connectivity index (χ0v) is 15.7. The van der Waals surface area contributed by atoms with Crippen molar-refractivity contribution in [1.82, 2.24) is 0 Å². The molecular weight excluding hydrogens is 390 g/mol. The summed E-state index contributed by atoms with van der Waals surface area (Å²) in [5.41, 5.74) is 1.09.